The fourth-order valence-corrected chi connectivity index (χ4v) is 3.07. The average Bonchev–Trinajstić information content (AvgIpc) is 2.17. The predicted octanol–water partition coefficient (Wildman–Crippen LogP) is 1.98. The summed E-state index contributed by atoms with van der Waals surface area (Å²) in [6.07, 6.45) is 0. The molecule has 0 unspecified atom stereocenters. The molecule has 0 aliphatic carbocycles. The Morgan fingerprint density at radius 3 is 2.50 bits per heavy atom. The minimum absolute atomic E-state index is 0.207. The third kappa shape index (κ3) is 2.78. The van der Waals surface area contributed by atoms with E-state index in [1.54, 1.807) is 0 Å². The molecule has 0 aliphatic rings. The van der Waals surface area contributed by atoms with Crippen molar-refractivity contribution in [3.8, 4) is 0 Å². The van der Waals surface area contributed by atoms with Gasteiger partial charge < -0.3 is 0 Å². The van der Waals surface area contributed by atoms with E-state index in [0.29, 0.717) is 11.4 Å². The second-order valence-corrected chi connectivity index (χ2v) is 5.90. The third-order valence-electron chi connectivity index (χ3n) is 1.98. The standard InChI is InChI=1S/C9H10BrF2NO2S/c1-13(5-4-10)16(14,15)9-3-2-7(11)6-8(9)12/h2-3,6H,4-5H2,1H3. The first-order valence-electron chi connectivity index (χ1n) is 4.37. The zero-order valence-corrected chi connectivity index (χ0v) is 10.9. The van der Waals surface area contributed by atoms with Crippen LogP contribution in [0, 0.1) is 11.6 Å². The van der Waals surface area contributed by atoms with Gasteiger partial charge in [-0.15, -0.1) is 0 Å². The normalized spacial score (nSPS) is 12.1. The highest BCUT2D eigenvalue weighted by Gasteiger charge is 2.24. The summed E-state index contributed by atoms with van der Waals surface area (Å²) < 4.78 is 50.5. The van der Waals surface area contributed by atoms with Gasteiger partial charge in [0, 0.05) is 25.0 Å². The van der Waals surface area contributed by atoms with Gasteiger partial charge in [-0.05, 0) is 12.1 Å². The maximum Gasteiger partial charge on any atom is 0.245 e. The summed E-state index contributed by atoms with van der Waals surface area (Å²) in [5.41, 5.74) is 0. The van der Waals surface area contributed by atoms with Crippen molar-refractivity contribution >= 4 is 26.0 Å². The molecule has 0 aromatic heterocycles. The molecule has 0 saturated carbocycles. The Bertz CT molecular complexity index is 478. The Hall–Kier alpha value is -0.530. The van der Waals surface area contributed by atoms with Crippen LogP contribution in [0.2, 0.25) is 0 Å². The molecular formula is C9H10BrF2NO2S. The molecule has 1 aromatic rings. The van der Waals surface area contributed by atoms with Crippen LogP contribution in [0.25, 0.3) is 0 Å². The van der Waals surface area contributed by atoms with E-state index in [1.165, 1.54) is 7.05 Å². The van der Waals surface area contributed by atoms with Crippen molar-refractivity contribution in [3.05, 3.63) is 29.8 Å². The summed E-state index contributed by atoms with van der Waals surface area (Å²) in [6, 6.07) is 2.39. The molecule has 1 aromatic carbocycles. The number of hydrogen-bond acceptors (Lipinski definition) is 2. The van der Waals surface area contributed by atoms with E-state index in [2.05, 4.69) is 15.9 Å². The lowest BCUT2D eigenvalue weighted by molar-refractivity contribution is 0.478. The number of halogens is 3. The molecule has 0 spiro atoms. The van der Waals surface area contributed by atoms with Gasteiger partial charge >= 0.3 is 0 Å². The van der Waals surface area contributed by atoms with E-state index in [-0.39, 0.29) is 6.54 Å². The lowest BCUT2D eigenvalue weighted by Gasteiger charge is -2.16. The molecule has 1 rings (SSSR count). The van der Waals surface area contributed by atoms with E-state index >= 15 is 0 Å². The van der Waals surface area contributed by atoms with Gasteiger partial charge in [0.2, 0.25) is 10.0 Å². The van der Waals surface area contributed by atoms with Crippen molar-refractivity contribution in [3.63, 3.8) is 0 Å². The number of alkyl halides is 1. The first-order valence-corrected chi connectivity index (χ1v) is 6.93. The summed E-state index contributed by atoms with van der Waals surface area (Å²) in [7, 11) is -2.55. The molecule has 0 fully saturated rings. The van der Waals surface area contributed by atoms with Gasteiger partial charge in [-0.3, -0.25) is 0 Å². The lowest BCUT2D eigenvalue weighted by Crippen LogP contribution is -2.29. The summed E-state index contributed by atoms with van der Waals surface area (Å²) in [6.45, 7) is 0.207. The van der Waals surface area contributed by atoms with Crippen LogP contribution in [-0.4, -0.2) is 31.6 Å². The Morgan fingerprint density at radius 1 is 1.38 bits per heavy atom. The van der Waals surface area contributed by atoms with Gasteiger partial charge in [0.15, 0.2) is 0 Å². The Labute approximate surface area is 101 Å². The number of hydrogen-bond donors (Lipinski definition) is 0. The zero-order chi connectivity index (χ0) is 12.3. The van der Waals surface area contributed by atoms with Crippen LogP contribution >= 0.6 is 15.9 Å². The summed E-state index contributed by atoms with van der Waals surface area (Å²) in [5, 5.41) is 0.436. The molecule has 0 atom stereocenters. The van der Waals surface area contributed by atoms with Crippen molar-refractivity contribution < 1.29 is 17.2 Å². The van der Waals surface area contributed by atoms with Gasteiger partial charge in [0.1, 0.15) is 16.5 Å². The van der Waals surface area contributed by atoms with Crippen molar-refractivity contribution in [2.24, 2.45) is 0 Å². The highest BCUT2D eigenvalue weighted by Crippen LogP contribution is 2.19. The van der Waals surface area contributed by atoms with Gasteiger partial charge in [-0.25, -0.2) is 21.5 Å². The molecule has 0 bridgehead atoms. The van der Waals surface area contributed by atoms with Crippen molar-refractivity contribution in [2.75, 3.05) is 18.9 Å². The fourth-order valence-electron chi connectivity index (χ4n) is 1.09. The molecule has 3 nitrogen and oxygen atoms in total. The second kappa shape index (κ2) is 5.20. The quantitative estimate of drug-likeness (QED) is 0.797. The molecule has 90 valence electrons. The van der Waals surface area contributed by atoms with Gasteiger partial charge in [0.25, 0.3) is 0 Å². The van der Waals surface area contributed by atoms with E-state index in [1.807, 2.05) is 0 Å². The average molecular weight is 314 g/mol. The first kappa shape index (κ1) is 13.5. The Kier molecular flexibility index (Phi) is 4.40. The highest BCUT2D eigenvalue weighted by atomic mass is 79.9. The Morgan fingerprint density at radius 2 is 2.00 bits per heavy atom. The number of nitrogens with zero attached hydrogens (tertiary/aromatic N) is 1. The monoisotopic (exact) mass is 313 g/mol. The molecule has 0 heterocycles. The molecule has 0 amide bonds. The van der Waals surface area contributed by atoms with Crippen LogP contribution < -0.4 is 0 Å². The summed E-state index contributed by atoms with van der Waals surface area (Å²) in [5.74, 6) is -1.89. The van der Waals surface area contributed by atoms with Gasteiger partial charge in [-0.1, -0.05) is 15.9 Å². The third-order valence-corrected chi connectivity index (χ3v) is 4.23. The number of benzene rings is 1. The van der Waals surface area contributed by atoms with Crippen LogP contribution in [0.4, 0.5) is 8.78 Å². The molecule has 7 heteroatoms. The summed E-state index contributed by atoms with van der Waals surface area (Å²) in [4.78, 5) is -0.516. The van der Waals surface area contributed by atoms with E-state index in [0.717, 1.165) is 16.4 Å². The molecule has 0 aliphatic heterocycles. The molecular weight excluding hydrogens is 304 g/mol. The van der Waals surface area contributed by atoms with Crippen molar-refractivity contribution in [1.82, 2.24) is 4.31 Å². The zero-order valence-electron chi connectivity index (χ0n) is 8.45. The lowest BCUT2D eigenvalue weighted by atomic mass is 10.3. The van der Waals surface area contributed by atoms with E-state index in [9.17, 15) is 17.2 Å². The number of sulfonamides is 1. The topological polar surface area (TPSA) is 37.4 Å². The molecule has 0 radical (unpaired) electrons. The summed E-state index contributed by atoms with van der Waals surface area (Å²) >= 11 is 3.09. The van der Waals surface area contributed by atoms with Gasteiger partial charge in [0.05, 0.1) is 0 Å². The van der Waals surface area contributed by atoms with Crippen molar-refractivity contribution in [2.45, 2.75) is 4.90 Å². The predicted molar refractivity (Wildman–Crippen MR) is 60.0 cm³/mol. The second-order valence-electron chi connectivity index (χ2n) is 3.09. The minimum atomic E-state index is -3.89. The largest absolute Gasteiger partial charge is 0.245 e. The van der Waals surface area contributed by atoms with Gasteiger partial charge in [-0.2, -0.15) is 0 Å². The first-order chi connectivity index (χ1) is 7.39. The maximum atomic E-state index is 13.3. The van der Waals surface area contributed by atoms with Crippen LogP contribution in [0.3, 0.4) is 0 Å². The van der Waals surface area contributed by atoms with Crippen LogP contribution in [0.5, 0.6) is 0 Å². The van der Waals surface area contributed by atoms with E-state index < -0.39 is 26.6 Å². The molecule has 16 heavy (non-hydrogen) atoms. The smallest absolute Gasteiger partial charge is 0.207 e. The maximum absolute atomic E-state index is 13.3. The number of rotatable bonds is 4. The van der Waals surface area contributed by atoms with Crippen LogP contribution in [0.1, 0.15) is 0 Å². The minimum Gasteiger partial charge on any atom is -0.207 e. The van der Waals surface area contributed by atoms with Crippen LogP contribution in [-0.2, 0) is 10.0 Å². The fraction of sp³-hybridized carbons (Fsp3) is 0.333. The Balaban J connectivity index is 3.17. The highest BCUT2D eigenvalue weighted by molar-refractivity contribution is 9.09. The molecule has 0 saturated heterocycles. The van der Waals surface area contributed by atoms with E-state index in [4.69, 9.17) is 0 Å². The SMILES string of the molecule is CN(CCBr)S(=O)(=O)c1ccc(F)cc1F. The van der Waals surface area contributed by atoms with Crippen molar-refractivity contribution in [1.29, 1.82) is 0 Å². The molecule has 0 N–H and O–H groups in total. The van der Waals surface area contributed by atoms with Crippen LogP contribution in [0.15, 0.2) is 23.1 Å².